The van der Waals surface area contributed by atoms with Crippen LogP contribution < -0.4 is 5.56 Å². The van der Waals surface area contributed by atoms with Crippen molar-refractivity contribution in [3.05, 3.63) is 141 Å². The molecule has 40 heavy (non-hydrogen) atoms. The van der Waals surface area contributed by atoms with Crippen molar-refractivity contribution in [3.8, 4) is 11.1 Å². The summed E-state index contributed by atoms with van der Waals surface area (Å²) in [7, 11) is 1.52. The second-order valence-corrected chi connectivity index (χ2v) is 10.6. The van der Waals surface area contributed by atoms with Gasteiger partial charge in [0.25, 0.3) is 11.5 Å². The van der Waals surface area contributed by atoms with E-state index in [0.29, 0.717) is 17.7 Å². The van der Waals surface area contributed by atoms with Crippen LogP contribution in [0.25, 0.3) is 22.0 Å². The quantitative estimate of drug-likeness (QED) is 0.230. The number of benzene rings is 4. The first-order valence-corrected chi connectivity index (χ1v) is 13.8. The maximum atomic E-state index is 14.0. The molecule has 1 amide bonds. The van der Waals surface area contributed by atoms with Gasteiger partial charge in [0.15, 0.2) is 6.10 Å². The van der Waals surface area contributed by atoms with E-state index in [1.54, 1.807) is 0 Å². The molecule has 4 aromatic carbocycles. The number of methoxy groups -OCH3 is 1. The molecule has 5 aromatic rings. The molecule has 0 saturated heterocycles. The standard InChI is InChI=1S/C33H26BrN3O3/c1-40-31(23-15-9-4-10-16-23)33(39)37-28(21-11-5-2-6-12-21)20-27(36-37)30-29(22-13-7-3-8-14-22)25-19-24(34)17-18-26(25)35-32(30)38/h2-19,28,31H,20H2,1H3,(H,35,38)/t28-,31-/m1/s1. The van der Waals surface area contributed by atoms with E-state index in [9.17, 15) is 9.59 Å². The van der Waals surface area contributed by atoms with Gasteiger partial charge >= 0.3 is 0 Å². The minimum absolute atomic E-state index is 0.250. The van der Waals surface area contributed by atoms with Crippen LogP contribution in [0.5, 0.6) is 0 Å². The lowest BCUT2D eigenvalue weighted by Crippen LogP contribution is -2.32. The van der Waals surface area contributed by atoms with Gasteiger partial charge in [-0.3, -0.25) is 9.59 Å². The first-order chi connectivity index (χ1) is 19.5. The van der Waals surface area contributed by atoms with E-state index in [2.05, 4.69) is 20.9 Å². The highest BCUT2D eigenvalue weighted by atomic mass is 79.9. The van der Waals surface area contributed by atoms with E-state index in [-0.39, 0.29) is 11.5 Å². The zero-order chi connectivity index (χ0) is 27.6. The fraction of sp³-hybridized carbons (Fsp3) is 0.121. The maximum Gasteiger partial charge on any atom is 0.276 e. The molecule has 0 bridgehead atoms. The third kappa shape index (κ3) is 4.78. The predicted octanol–water partition coefficient (Wildman–Crippen LogP) is 7.02. The number of aromatic amines is 1. The first-order valence-electron chi connectivity index (χ1n) is 13.0. The number of hydrazone groups is 1. The van der Waals surface area contributed by atoms with E-state index in [4.69, 9.17) is 9.84 Å². The molecule has 2 heterocycles. The highest BCUT2D eigenvalue weighted by Crippen LogP contribution is 2.38. The first kappa shape index (κ1) is 25.9. The van der Waals surface area contributed by atoms with E-state index in [0.717, 1.165) is 37.6 Å². The molecule has 1 aromatic heterocycles. The van der Waals surface area contributed by atoms with Crippen LogP contribution in [-0.4, -0.2) is 28.7 Å². The zero-order valence-corrected chi connectivity index (χ0v) is 23.3. The number of aromatic nitrogens is 1. The minimum atomic E-state index is -0.838. The van der Waals surface area contributed by atoms with Crippen LogP contribution >= 0.6 is 15.9 Å². The van der Waals surface area contributed by atoms with E-state index < -0.39 is 12.1 Å². The number of amides is 1. The van der Waals surface area contributed by atoms with E-state index in [1.807, 2.05) is 109 Å². The molecule has 0 aliphatic carbocycles. The number of ether oxygens (including phenoxy) is 1. The molecule has 0 radical (unpaired) electrons. The second-order valence-electron chi connectivity index (χ2n) is 9.65. The number of carbonyl (C=O) groups is 1. The lowest BCUT2D eigenvalue weighted by molar-refractivity contribution is -0.144. The Morgan fingerprint density at radius 1 is 0.925 bits per heavy atom. The summed E-state index contributed by atoms with van der Waals surface area (Å²) < 4.78 is 6.59. The smallest absolute Gasteiger partial charge is 0.276 e. The number of halogens is 1. The van der Waals surface area contributed by atoms with Crippen LogP contribution in [-0.2, 0) is 9.53 Å². The van der Waals surface area contributed by atoms with Gasteiger partial charge in [-0.2, -0.15) is 5.10 Å². The lowest BCUT2D eigenvalue weighted by atomic mass is 9.91. The van der Waals surface area contributed by atoms with Crippen LogP contribution in [0.2, 0.25) is 0 Å². The van der Waals surface area contributed by atoms with Gasteiger partial charge in [0.2, 0.25) is 0 Å². The highest BCUT2D eigenvalue weighted by molar-refractivity contribution is 9.10. The summed E-state index contributed by atoms with van der Waals surface area (Å²) in [6.45, 7) is 0. The van der Waals surface area contributed by atoms with Crippen molar-refractivity contribution in [2.24, 2.45) is 5.10 Å². The number of H-pyrrole nitrogens is 1. The number of carbonyl (C=O) groups excluding carboxylic acids is 1. The SMILES string of the molecule is CO[C@@H](C(=O)N1N=C(c2c(-c3ccccc3)c3cc(Br)ccc3[nH]c2=O)C[C@@H]1c1ccccc1)c1ccccc1. The molecule has 0 saturated carbocycles. The highest BCUT2D eigenvalue weighted by Gasteiger charge is 2.38. The Kier molecular flexibility index (Phi) is 7.15. The van der Waals surface area contributed by atoms with Crippen molar-refractivity contribution in [3.63, 3.8) is 0 Å². The third-order valence-electron chi connectivity index (χ3n) is 7.21. The molecule has 1 N–H and O–H groups in total. The fourth-order valence-corrected chi connectivity index (χ4v) is 5.73. The van der Waals surface area contributed by atoms with Crippen LogP contribution in [0.4, 0.5) is 0 Å². The van der Waals surface area contributed by atoms with Gasteiger partial charge in [-0.15, -0.1) is 0 Å². The Labute approximate surface area is 240 Å². The summed E-state index contributed by atoms with van der Waals surface area (Å²) in [4.78, 5) is 30.8. The second kappa shape index (κ2) is 11.0. The van der Waals surface area contributed by atoms with Crippen LogP contribution in [0.1, 0.15) is 35.3 Å². The largest absolute Gasteiger partial charge is 0.367 e. The number of hydrogen-bond donors (Lipinski definition) is 1. The molecule has 1 aliphatic rings. The molecule has 2 atom stereocenters. The minimum Gasteiger partial charge on any atom is -0.367 e. The average molecular weight is 592 g/mol. The van der Waals surface area contributed by atoms with Gasteiger partial charge in [0.05, 0.1) is 17.3 Å². The summed E-state index contributed by atoms with van der Waals surface area (Å²) in [6.07, 6.45) is -0.460. The Morgan fingerprint density at radius 3 is 2.25 bits per heavy atom. The lowest BCUT2D eigenvalue weighted by Gasteiger charge is -2.26. The summed E-state index contributed by atoms with van der Waals surface area (Å²) >= 11 is 3.59. The number of hydrogen-bond acceptors (Lipinski definition) is 4. The van der Waals surface area contributed by atoms with Crippen molar-refractivity contribution in [2.75, 3.05) is 7.11 Å². The molecule has 1 aliphatic heterocycles. The fourth-order valence-electron chi connectivity index (χ4n) is 5.37. The summed E-state index contributed by atoms with van der Waals surface area (Å²) in [5, 5.41) is 7.25. The number of fused-ring (bicyclic) bond motifs is 1. The summed E-state index contributed by atoms with van der Waals surface area (Å²) in [6, 6.07) is 34.4. The number of nitrogens with zero attached hydrogens (tertiary/aromatic N) is 2. The average Bonchev–Trinajstić information content (AvgIpc) is 3.44. The zero-order valence-electron chi connectivity index (χ0n) is 21.8. The molecule has 198 valence electrons. The molecular formula is C33H26BrN3O3. The van der Waals surface area contributed by atoms with Crippen molar-refractivity contribution < 1.29 is 9.53 Å². The van der Waals surface area contributed by atoms with Gasteiger partial charge in [0, 0.05) is 34.5 Å². The molecule has 7 heteroatoms. The Balaban J connectivity index is 1.55. The topological polar surface area (TPSA) is 74.8 Å². The molecular weight excluding hydrogens is 566 g/mol. The van der Waals surface area contributed by atoms with Gasteiger partial charge in [-0.1, -0.05) is 107 Å². The van der Waals surface area contributed by atoms with Crippen LogP contribution in [0.15, 0.2) is 124 Å². The Bertz CT molecular complexity index is 1770. The Hall–Kier alpha value is -4.33. The van der Waals surface area contributed by atoms with Gasteiger partial charge < -0.3 is 9.72 Å². The normalized spacial score (nSPS) is 15.7. The molecule has 0 unspecified atom stereocenters. The van der Waals surface area contributed by atoms with E-state index >= 15 is 0 Å². The Morgan fingerprint density at radius 2 is 1.57 bits per heavy atom. The van der Waals surface area contributed by atoms with Gasteiger partial charge in [0.1, 0.15) is 0 Å². The summed E-state index contributed by atoms with van der Waals surface area (Å²) in [5.74, 6) is -0.293. The van der Waals surface area contributed by atoms with Gasteiger partial charge in [-0.05, 0) is 34.9 Å². The molecule has 6 nitrogen and oxygen atoms in total. The number of pyridine rings is 1. The van der Waals surface area contributed by atoms with Crippen LogP contribution in [0, 0.1) is 0 Å². The van der Waals surface area contributed by atoms with Crippen molar-refractivity contribution in [2.45, 2.75) is 18.6 Å². The van der Waals surface area contributed by atoms with Crippen LogP contribution in [0.3, 0.4) is 0 Å². The van der Waals surface area contributed by atoms with E-state index in [1.165, 1.54) is 12.1 Å². The third-order valence-corrected chi connectivity index (χ3v) is 7.70. The monoisotopic (exact) mass is 591 g/mol. The molecule has 0 spiro atoms. The predicted molar refractivity (Wildman–Crippen MR) is 161 cm³/mol. The number of nitrogens with one attached hydrogen (secondary N) is 1. The molecule has 0 fully saturated rings. The maximum absolute atomic E-state index is 14.0. The van der Waals surface area contributed by atoms with Crippen molar-refractivity contribution in [1.82, 2.24) is 9.99 Å². The van der Waals surface area contributed by atoms with Gasteiger partial charge in [-0.25, -0.2) is 5.01 Å². The van der Waals surface area contributed by atoms with Crippen molar-refractivity contribution in [1.29, 1.82) is 0 Å². The summed E-state index contributed by atoms with van der Waals surface area (Å²) in [5.41, 5.74) is 4.84. The van der Waals surface area contributed by atoms with Crippen molar-refractivity contribution >= 4 is 38.5 Å². The molecule has 6 rings (SSSR count). The number of rotatable bonds is 6.